The van der Waals surface area contributed by atoms with Crippen LogP contribution in [0.4, 0.5) is 13.2 Å². The molecule has 42 heavy (non-hydrogen) atoms. The zero-order valence-electron chi connectivity index (χ0n) is 22.4. The van der Waals surface area contributed by atoms with Crippen LogP contribution in [-0.4, -0.2) is 29.8 Å². The second kappa shape index (κ2) is 11.2. The summed E-state index contributed by atoms with van der Waals surface area (Å²) in [6.45, 7) is 0. The highest BCUT2D eigenvalue weighted by molar-refractivity contribution is 7.89. The number of halogens is 3. The molecule has 1 aromatic heterocycles. The number of nitrogens with zero attached hydrogens (tertiary/aromatic N) is 2. The van der Waals surface area contributed by atoms with E-state index in [0.717, 1.165) is 41.1 Å². The van der Waals surface area contributed by atoms with Gasteiger partial charge in [-0.2, -0.15) is 18.3 Å². The lowest BCUT2D eigenvalue weighted by Gasteiger charge is -2.26. The van der Waals surface area contributed by atoms with Crippen molar-refractivity contribution in [3.63, 3.8) is 0 Å². The van der Waals surface area contributed by atoms with Gasteiger partial charge in [-0.1, -0.05) is 48.5 Å². The van der Waals surface area contributed by atoms with E-state index in [4.69, 9.17) is 16.3 Å². The number of nitrogen functional groups attached to an aromatic ring is 1. The minimum Gasteiger partial charge on any atom is -0.384 e. The van der Waals surface area contributed by atoms with E-state index >= 15 is 0 Å². The van der Waals surface area contributed by atoms with Gasteiger partial charge >= 0.3 is 6.18 Å². The number of fused-ring (bicyclic) bond motifs is 1. The number of benzene rings is 3. The van der Waals surface area contributed by atoms with Gasteiger partial charge < -0.3 is 5.73 Å². The van der Waals surface area contributed by atoms with Gasteiger partial charge in [0.15, 0.2) is 11.5 Å². The first-order valence-corrected chi connectivity index (χ1v) is 14.8. The highest BCUT2D eigenvalue weighted by Crippen LogP contribution is 2.38. The Bertz CT molecular complexity index is 1800. The average Bonchev–Trinajstić information content (AvgIpc) is 3.42. The Morgan fingerprint density at radius 1 is 1.05 bits per heavy atom. The zero-order chi connectivity index (χ0) is 30.2. The molecule has 3 aromatic carbocycles. The van der Waals surface area contributed by atoms with Gasteiger partial charge in [-0.3, -0.25) is 10.2 Å². The van der Waals surface area contributed by atoms with Crippen molar-refractivity contribution in [2.24, 2.45) is 10.9 Å². The van der Waals surface area contributed by atoms with E-state index in [2.05, 4.69) is 5.10 Å². The number of hydrogen-bond acceptors (Lipinski definition) is 5. The lowest BCUT2D eigenvalue weighted by atomic mass is 9.79. The molecule has 12 heteroatoms. The second-order valence-corrected chi connectivity index (χ2v) is 11.8. The molecule has 0 spiro atoms. The highest BCUT2D eigenvalue weighted by atomic mass is 32.2. The molecule has 1 aliphatic rings. The third kappa shape index (κ3) is 6.00. The number of carbonyl (C=O) groups is 1. The summed E-state index contributed by atoms with van der Waals surface area (Å²) in [6.07, 6.45) is -1.91. The first kappa shape index (κ1) is 29.2. The van der Waals surface area contributed by atoms with Gasteiger partial charge in [0.05, 0.1) is 10.6 Å². The van der Waals surface area contributed by atoms with Crippen molar-refractivity contribution in [1.29, 1.82) is 5.41 Å². The molecule has 218 valence electrons. The van der Waals surface area contributed by atoms with Crippen LogP contribution in [0.5, 0.6) is 0 Å². The first-order chi connectivity index (χ1) is 19.8. The molecular weight excluding hydrogens is 567 g/mol. The van der Waals surface area contributed by atoms with E-state index in [1.807, 2.05) is 18.2 Å². The van der Waals surface area contributed by atoms with E-state index in [9.17, 15) is 26.4 Å². The number of sulfonamides is 1. The molecule has 1 atom stereocenters. The normalized spacial score (nSPS) is 15.3. The van der Waals surface area contributed by atoms with E-state index < -0.39 is 27.7 Å². The summed E-state index contributed by atoms with van der Waals surface area (Å²) < 4.78 is 65.9. The van der Waals surface area contributed by atoms with Crippen LogP contribution in [-0.2, 0) is 22.6 Å². The molecule has 1 unspecified atom stereocenters. The molecule has 0 radical (unpaired) electrons. The Morgan fingerprint density at radius 2 is 1.81 bits per heavy atom. The van der Waals surface area contributed by atoms with Crippen molar-refractivity contribution in [2.45, 2.75) is 49.1 Å². The summed E-state index contributed by atoms with van der Waals surface area (Å²) in [6, 6.07) is 19.0. The molecule has 1 heterocycles. The Balaban J connectivity index is 1.41. The van der Waals surface area contributed by atoms with Crippen LogP contribution in [0.15, 0.2) is 77.7 Å². The monoisotopic (exact) mass is 595 g/mol. The molecule has 1 aliphatic carbocycles. The Hall–Kier alpha value is -4.29. The molecule has 0 aliphatic heterocycles. The lowest BCUT2D eigenvalue weighted by Crippen LogP contribution is -2.15. The van der Waals surface area contributed by atoms with Crippen LogP contribution < -0.4 is 10.9 Å². The maximum Gasteiger partial charge on any atom is 0.435 e. The molecule has 4 aromatic rings. The molecule has 5 N–H and O–H groups in total. The van der Waals surface area contributed by atoms with Crippen LogP contribution in [0.1, 0.15) is 64.5 Å². The fourth-order valence-corrected chi connectivity index (χ4v) is 6.25. The molecule has 0 saturated carbocycles. The molecule has 0 fully saturated rings. The number of Topliss-reactive ketones (excluding diaryl/α,β-unsaturated/α-hetero) is 1. The number of ketones is 1. The fraction of sp³-hybridized carbons (Fsp3) is 0.233. The molecule has 8 nitrogen and oxygen atoms in total. The van der Waals surface area contributed by atoms with Crippen LogP contribution >= 0.6 is 0 Å². The van der Waals surface area contributed by atoms with Crippen LogP contribution in [0.25, 0.3) is 16.8 Å². The minimum atomic E-state index is -4.75. The summed E-state index contributed by atoms with van der Waals surface area (Å²) in [5.41, 5.74) is 7.92. The minimum absolute atomic E-state index is 0.000247. The van der Waals surface area contributed by atoms with E-state index in [-0.39, 0.29) is 34.5 Å². The number of carbonyl (C=O) groups excluding carboxylic acids is 1. The van der Waals surface area contributed by atoms with E-state index in [1.165, 1.54) is 24.3 Å². The van der Waals surface area contributed by atoms with Crippen LogP contribution in [0.2, 0.25) is 0 Å². The van der Waals surface area contributed by atoms with Gasteiger partial charge in [-0.05, 0) is 66.5 Å². The number of rotatable bonds is 8. The van der Waals surface area contributed by atoms with Crippen molar-refractivity contribution in [1.82, 2.24) is 9.78 Å². The van der Waals surface area contributed by atoms with E-state index in [1.54, 1.807) is 24.3 Å². The SMILES string of the molecule is N=C(N)c1cccc(-n2nc(C(F)(F)F)cc2C(=O)CCC2CCCc3cc(-c4ccccc4S(N)(=O)=O)ccc32)c1. The van der Waals surface area contributed by atoms with Crippen LogP contribution in [0, 0.1) is 5.41 Å². The number of primary sulfonamides is 1. The van der Waals surface area contributed by atoms with Gasteiger partial charge in [0.1, 0.15) is 11.5 Å². The zero-order valence-corrected chi connectivity index (χ0v) is 23.2. The van der Waals surface area contributed by atoms with Gasteiger partial charge in [0.25, 0.3) is 0 Å². The van der Waals surface area contributed by atoms with E-state index in [0.29, 0.717) is 23.1 Å². The molecular formula is C30H28F3N5O3S. The number of alkyl halides is 3. The van der Waals surface area contributed by atoms with Crippen molar-refractivity contribution in [3.8, 4) is 16.8 Å². The molecule has 0 amide bonds. The smallest absolute Gasteiger partial charge is 0.384 e. The Morgan fingerprint density at radius 3 is 2.52 bits per heavy atom. The number of nitrogens with one attached hydrogen (secondary N) is 1. The topological polar surface area (TPSA) is 145 Å². The van der Waals surface area contributed by atoms with Gasteiger partial charge in [0, 0.05) is 23.6 Å². The summed E-state index contributed by atoms with van der Waals surface area (Å²) in [4.78, 5) is 13.4. The van der Waals surface area contributed by atoms with Crippen molar-refractivity contribution < 1.29 is 26.4 Å². The van der Waals surface area contributed by atoms with Gasteiger partial charge in [0.2, 0.25) is 10.0 Å². The molecule has 0 bridgehead atoms. The van der Waals surface area contributed by atoms with Crippen molar-refractivity contribution in [3.05, 3.63) is 101 Å². The predicted octanol–water partition coefficient (Wildman–Crippen LogP) is 5.57. The lowest BCUT2D eigenvalue weighted by molar-refractivity contribution is -0.141. The number of aromatic nitrogens is 2. The summed E-state index contributed by atoms with van der Waals surface area (Å²) >= 11 is 0. The Kier molecular flexibility index (Phi) is 7.78. The summed E-state index contributed by atoms with van der Waals surface area (Å²) in [5, 5.41) is 16.7. The number of amidine groups is 1. The fourth-order valence-electron chi connectivity index (χ4n) is 5.49. The maximum atomic E-state index is 13.6. The van der Waals surface area contributed by atoms with Gasteiger partial charge in [-0.15, -0.1) is 0 Å². The molecule has 0 saturated heterocycles. The summed E-state index contributed by atoms with van der Waals surface area (Å²) in [7, 11) is -3.93. The van der Waals surface area contributed by atoms with Gasteiger partial charge in [-0.25, -0.2) is 18.2 Å². The quantitative estimate of drug-likeness (QED) is 0.139. The highest BCUT2D eigenvalue weighted by Gasteiger charge is 2.36. The standard InChI is InChI=1S/C30H28F3N5O3S/c31-30(32,33)28-17-25(38(37-28)22-8-4-7-21(16-22)29(34)35)26(39)14-12-18-5-3-6-19-15-20(11-13-23(18)19)24-9-1-2-10-27(24)42(36,40)41/h1-2,4,7-11,13,15-18H,3,5-6,12,14H2,(H3,34,35)(H2,36,40,41). The third-order valence-corrected chi connectivity index (χ3v) is 8.46. The molecule has 5 rings (SSSR count). The van der Waals surface area contributed by atoms with Crippen molar-refractivity contribution in [2.75, 3.05) is 0 Å². The van der Waals surface area contributed by atoms with Crippen molar-refractivity contribution >= 4 is 21.6 Å². The van der Waals surface area contributed by atoms with Crippen LogP contribution in [0.3, 0.4) is 0 Å². The third-order valence-electron chi connectivity index (χ3n) is 7.49. The summed E-state index contributed by atoms with van der Waals surface area (Å²) in [5.74, 6) is -0.753. The number of aryl methyl sites for hydroxylation is 1. The largest absolute Gasteiger partial charge is 0.435 e. The second-order valence-electron chi connectivity index (χ2n) is 10.3. The number of nitrogens with two attached hydrogens (primary N) is 2. The first-order valence-electron chi connectivity index (χ1n) is 13.2. The Labute approximate surface area is 240 Å². The number of hydrogen-bond donors (Lipinski definition) is 3. The average molecular weight is 596 g/mol. The predicted molar refractivity (Wildman–Crippen MR) is 152 cm³/mol. The maximum absolute atomic E-state index is 13.6.